The molecule has 7 nitrogen and oxygen atoms in total. The second kappa shape index (κ2) is 7.22. The normalized spacial score (nSPS) is 12.4. The molecule has 0 spiro atoms. The lowest BCUT2D eigenvalue weighted by atomic mass is 10.4. The number of amides is 1. The highest BCUT2D eigenvalue weighted by Gasteiger charge is 2.17. The van der Waals surface area contributed by atoms with Gasteiger partial charge in [-0.25, -0.2) is 0 Å². The molecule has 3 N–H and O–H groups in total. The molecule has 0 aliphatic carbocycles. The maximum absolute atomic E-state index is 11.8. The molecular formula is C10H19N5O2S. The van der Waals surface area contributed by atoms with E-state index in [2.05, 4.69) is 15.5 Å². The minimum absolute atomic E-state index is 0.0299. The molecule has 1 unspecified atom stereocenters. The van der Waals surface area contributed by atoms with Crippen molar-refractivity contribution in [2.45, 2.75) is 23.8 Å². The summed E-state index contributed by atoms with van der Waals surface area (Å²) in [6.45, 7) is 3.07. The Bertz CT molecular complexity index is 396. The molecule has 0 aromatic carbocycles. The highest BCUT2D eigenvalue weighted by Crippen LogP contribution is 2.21. The third-order valence-corrected chi connectivity index (χ3v) is 3.48. The second-order valence-electron chi connectivity index (χ2n) is 3.80. The minimum Gasteiger partial charge on any atom is -0.385 e. The Morgan fingerprint density at radius 3 is 2.89 bits per heavy atom. The van der Waals surface area contributed by atoms with Crippen molar-refractivity contribution in [1.29, 1.82) is 0 Å². The molecule has 0 aliphatic rings. The molecule has 102 valence electrons. The van der Waals surface area contributed by atoms with Gasteiger partial charge in [-0.3, -0.25) is 9.36 Å². The van der Waals surface area contributed by atoms with Crippen LogP contribution in [0.1, 0.15) is 13.3 Å². The van der Waals surface area contributed by atoms with Gasteiger partial charge in [-0.15, -0.1) is 10.2 Å². The van der Waals surface area contributed by atoms with E-state index in [1.165, 1.54) is 11.8 Å². The molecule has 1 heterocycles. The topological polar surface area (TPSA) is 95.1 Å². The van der Waals surface area contributed by atoms with Crippen LogP contribution >= 0.6 is 11.8 Å². The summed E-state index contributed by atoms with van der Waals surface area (Å²) in [5.41, 5.74) is 5.57. The van der Waals surface area contributed by atoms with Crippen molar-refractivity contribution in [3.63, 3.8) is 0 Å². The predicted octanol–water partition coefficient (Wildman–Crippen LogP) is 0.0306. The molecule has 0 saturated carbocycles. The average molecular weight is 273 g/mol. The van der Waals surface area contributed by atoms with Gasteiger partial charge in [-0.2, -0.15) is 0 Å². The lowest BCUT2D eigenvalue weighted by Gasteiger charge is -2.11. The summed E-state index contributed by atoms with van der Waals surface area (Å²) in [4.78, 5) is 11.8. The first-order valence-corrected chi connectivity index (χ1v) is 6.52. The van der Waals surface area contributed by atoms with Gasteiger partial charge in [0.2, 0.25) is 11.9 Å². The minimum atomic E-state index is -0.241. The van der Waals surface area contributed by atoms with E-state index in [1.54, 1.807) is 18.7 Å². The molecule has 1 rings (SSSR count). The Labute approximate surface area is 110 Å². The van der Waals surface area contributed by atoms with Gasteiger partial charge in [0.15, 0.2) is 5.16 Å². The van der Waals surface area contributed by atoms with E-state index < -0.39 is 0 Å². The number of methoxy groups -OCH3 is 1. The molecule has 0 fully saturated rings. The zero-order chi connectivity index (χ0) is 13.5. The standard InChI is InChI=1S/C10H19N5O2S/c1-7(8(16)12-5-4-6-17-3)18-10-14-13-9(11)15(10)2/h7H,4-6H2,1-3H3,(H2,11,13)(H,12,16). The molecule has 1 amide bonds. The molecule has 0 aliphatic heterocycles. The monoisotopic (exact) mass is 273 g/mol. The number of carbonyl (C=O) groups is 1. The van der Waals surface area contributed by atoms with Crippen LogP contribution in [0, 0.1) is 0 Å². The zero-order valence-corrected chi connectivity index (χ0v) is 11.7. The Hall–Kier alpha value is -1.28. The van der Waals surface area contributed by atoms with E-state index in [4.69, 9.17) is 10.5 Å². The number of nitrogens with one attached hydrogen (secondary N) is 1. The summed E-state index contributed by atoms with van der Waals surface area (Å²) in [5.74, 6) is 0.308. The van der Waals surface area contributed by atoms with E-state index in [-0.39, 0.29) is 11.2 Å². The number of nitrogen functional groups attached to an aromatic ring is 1. The third-order valence-electron chi connectivity index (χ3n) is 2.34. The SMILES string of the molecule is COCCCNC(=O)C(C)Sc1nnc(N)n1C. The maximum Gasteiger partial charge on any atom is 0.233 e. The molecule has 1 aromatic rings. The van der Waals surface area contributed by atoms with Gasteiger partial charge in [0, 0.05) is 27.3 Å². The van der Waals surface area contributed by atoms with Crippen molar-refractivity contribution in [3.05, 3.63) is 0 Å². The number of nitrogens with two attached hydrogens (primary N) is 1. The predicted molar refractivity (Wildman–Crippen MR) is 70.2 cm³/mol. The first-order chi connectivity index (χ1) is 8.56. The van der Waals surface area contributed by atoms with Crippen LogP contribution in [-0.2, 0) is 16.6 Å². The number of hydrogen-bond acceptors (Lipinski definition) is 6. The van der Waals surface area contributed by atoms with Crippen LogP contribution in [-0.4, -0.2) is 46.2 Å². The molecule has 1 aromatic heterocycles. The lowest BCUT2D eigenvalue weighted by molar-refractivity contribution is -0.120. The second-order valence-corrected chi connectivity index (χ2v) is 5.11. The van der Waals surface area contributed by atoms with Gasteiger partial charge in [0.1, 0.15) is 0 Å². The molecule has 0 saturated heterocycles. The largest absolute Gasteiger partial charge is 0.385 e. The van der Waals surface area contributed by atoms with Crippen molar-refractivity contribution < 1.29 is 9.53 Å². The fourth-order valence-corrected chi connectivity index (χ4v) is 2.06. The lowest BCUT2D eigenvalue weighted by Crippen LogP contribution is -2.32. The number of anilines is 1. The first kappa shape index (κ1) is 14.8. The smallest absolute Gasteiger partial charge is 0.233 e. The number of thioether (sulfide) groups is 1. The van der Waals surface area contributed by atoms with Crippen LogP contribution in [0.4, 0.5) is 5.95 Å². The Kier molecular flexibility index (Phi) is 5.93. The van der Waals surface area contributed by atoms with Crippen LogP contribution < -0.4 is 11.1 Å². The fourth-order valence-electron chi connectivity index (χ4n) is 1.21. The van der Waals surface area contributed by atoms with Crippen LogP contribution in [0.25, 0.3) is 0 Å². The fraction of sp³-hybridized carbons (Fsp3) is 0.700. The summed E-state index contributed by atoms with van der Waals surface area (Å²) in [6.07, 6.45) is 0.802. The molecule has 18 heavy (non-hydrogen) atoms. The number of ether oxygens (including phenoxy) is 1. The van der Waals surface area contributed by atoms with Crippen LogP contribution in [0.2, 0.25) is 0 Å². The number of rotatable bonds is 7. The van der Waals surface area contributed by atoms with Crippen LogP contribution in [0.5, 0.6) is 0 Å². The van der Waals surface area contributed by atoms with E-state index >= 15 is 0 Å². The van der Waals surface area contributed by atoms with E-state index in [0.29, 0.717) is 24.3 Å². The van der Waals surface area contributed by atoms with E-state index in [1.807, 2.05) is 6.92 Å². The first-order valence-electron chi connectivity index (χ1n) is 5.64. The van der Waals surface area contributed by atoms with Gasteiger partial charge in [0.25, 0.3) is 0 Å². The Morgan fingerprint density at radius 2 is 2.33 bits per heavy atom. The molecule has 1 atom stereocenters. The Balaban J connectivity index is 2.38. The van der Waals surface area contributed by atoms with E-state index in [0.717, 1.165) is 6.42 Å². The number of hydrogen-bond donors (Lipinski definition) is 2. The van der Waals surface area contributed by atoms with Crippen molar-refractivity contribution in [2.24, 2.45) is 7.05 Å². The summed E-state index contributed by atoms with van der Waals surface area (Å²) in [6, 6.07) is 0. The number of nitrogens with zero attached hydrogens (tertiary/aromatic N) is 3. The summed E-state index contributed by atoms with van der Waals surface area (Å²) in [7, 11) is 3.40. The highest BCUT2D eigenvalue weighted by atomic mass is 32.2. The number of aromatic nitrogens is 3. The van der Waals surface area contributed by atoms with Crippen molar-refractivity contribution >= 4 is 23.6 Å². The maximum atomic E-state index is 11.8. The van der Waals surface area contributed by atoms with Gasteiger partial charge in [0.05, 0.1) is 5.25 Å². The Morgan fingerprint density at radius 1 is 1.61 bits per heavy atom. The van der Waals surface area contributed by atoms with Crippen molar-refractivity contribution in [3.8, 4) is 0 Å². The number of carbonyl (C=O) groups excluding carboxylic acids is 1. The molecular weight excluding hydrogens is 254 g/mol. The van der Waals surface area contributed by atoms with Gasteiger partial charge in [-0.05, 0) is 13.3 Å². The third kappa shape index (κ3) is 4.19. The summed E-state index contributed by atoms with van der Waals surface area (Å²) < 4.78 is 6.56. The van der Waals surface area contributed by atoms with E-state index in [9.17, 15) is 4.79 Å². The molecule has 0 radical (unpaired) electrons. The average Bonchev–Trinajstić information content (AvgIpc) is 2.66. The van der Waals surface area contributed by atoms with Gasteiger partial charge in [-0.1, -0.05) is 11.8 Å². The van der Waals surface area contributed by atoms with Crippen molar-refractivity contribution in [2.75, 3.05) is 26.0 Å². The van der Waals surface area contributed by atoms with Gasteiger partial charge >= 0.3 is 0 Å². The zero-order valence-electron chi connectivity index (χ0n) is 10.8. The summed E-state index contributed by atoms with van der Waals surface area (Å²) >= 11 is 1.33. The van der Waals surface area contributed by atoms with Crippen LogP contribution in [0.3, 0.4) is 0 Å². The highest BCUT2D eigenvalue weighted by molar-refractivity contribution is 8.00. The molecule has 8 heteroatoms. The van der Waals surface area contributed by atoms with Gasteiger partial charge < -0.3 is 15.8 Å². The van der Waals surface area contributed by atoms with Crippen LogP contribution in [0.15, 0.2) is 5.16 Å². The molecule has 0 bridgehead atoms. The summed E-state index contributed by atoms with van der Waals surface area (Å²) in [5, 5.41) is 10.9. The van der Waals surface area contributed by atoms with Crippen molar-refractivity contribution in [1.82, 2.24) is 20.1 Å². The quantitative estimate of drug-likeness (QED) is 0.537.